The number of para-hydroxylation sites is 1. The van der Waals surface area contributed by atoms with Crippen LogP contribution in [0.1, 0.15) is 11.1 Å². The third-order valence-electron chi connectivity index (χ3n) is 5.57. The first-order valence-electron chi connectivity index (χ1n) is 10.4. The van der Waals surface area contributed by atoms with Gasteiger partial charge >= 0.3 is 0 Å². The quantitative estimate of drug-likeness (QED) is 0.406. The fourth-order valence-electron chi connectivity index (χ4n) is 3.90. The summed E-state index contributed by atoms with van der Waals surface area (Å²) in [6.07, 6.45) is 1.74. The third-order valence-corrected chi connectivity index (χ3v) is 5.57. The Hall–Kier alpha value is -4.06. The lowest BCUT2D eigenvalue weighted by molar-refractivity contribution is -0.116. The molecule has 0 atom stereocenters. The van der Waals surface area contributed by atoms with Gasteiger partial charge in [-0.15, -0.1) is 0 Å². The zero-order valence-corrected chi connectivity index (χ0v) is 17.8. The smallest absolute Gasteiger partial charge is 0.246 e. The summed E-state index contributed by atoms with van der Waals surface area (Å²) < 4.78 is 15.8. The van der Waals surface area contributed by atoms with Gasteiger partial charge in [0.2, 0.25) is 5.91 Å². The number of nitrogens with zero attached hydrogens (tertiary/aromatic N) is 3. The minimum absolute atomic E-state index is 0.00762. The van der Waals surface area contributed by atoms with Gasteiger partial charge in [0.15, 0.2) is 0 Å². The molecule has 1 N–H and O–H groups in total. The molecule has 0 fully saturated rings. The molecule has 0 aliphatic rings. The summed E-state index contributed by atoms with van der Waals surface area (Å²) in [4.78, 5) is 17.4. The first kappa shape index (κ1) is 19.9. The summed E-state index contributed by atoms with van der Waals surface area (Å²) in [5, 5.41) is 9.11. The molecule has 0 spiro atoms. The molecule has 0 unspecified atom stereocenters. The van der Waals surface area contributed by atoms with Crippen LogP contribution in [0.15, 0.2) is 72.9 Å². The van der Waals surface area contributed by atoms with Crippen molar-refractivity contribution in [2.75, 3.05) is 5.32 Å². The minimum atomic E-state index is -0.360. The fraction of sp³-hybridized carbons (Fsp3) is 0.115. The van der Waals surface area contributed by atoms with E-state index >= 15 is 0 Å². The number of halogens is 1. The average Bonchev–Trinajstić information content (AvgIpc) is 3.14. The van der Waals surface area contributed by atoms with E-state index in [0.29, 0.717) is 22.1 Å². The van der Waals surface area contributed by atoms with Crippen LogP contribution in [0.3, 0.4) is 0 Å². The van der Waals surface area contributed by atoms with Crippen LogP contribution in [0.4, 0.5) is 10.1 Å². The van der Waals surface area contributed by atoms with E-state index in [9.17, 15) is 9.18 Å². The van der Waals surface area contributed by atoms with Gasteiger partial charge in [0, 0.05) is 28.2 Å². The molecule has 2 heterocycles. The Bertz CT molecular complexity index is 1470. The van der Waals surface area contributed by atoms with Crippen molar-refractivity contribution in [2.45, 2.75) is 20.4 Å². The minimum Gasteiger partial charge on any atom is -0.324 e. The van der Waals surface area contributed by atoms with E-state index in [2.05, 4.69) is 10.3 Å². The monoisotopic (exact) mass is 424 g/mol. The third kappa shape index (κ3) is 3.60. The summed E-state index contributed by atoms with van der Waals surface area (Å²) in [7, 11) is 0. The highest BCUT2D eigenvalue weighted by molar-refractivity contribution is 6.08. The van der Waals surface area contributed by atoms with Crippen LogP contribution in [-0.2, 0) is 11.3 Å². The molecule has 0 aliphatic carbocycles. The highest BCUT2D eigenvalue weighted by Crippen LogP contribution is 2.32. The molecule has 0 saturated carbocycles. The normalized spacial score (nSPS) is 11.2. The molecule has 32 heavy (non-hydrogen) atoms. The summed E-state index contributed by atoms with van der Waals surface area (Å²) in [5.41, 5.74) is 5.83. The second-order valence-corrected chi connectivity index (χ2v) is 7.92. The second-order valence-electron chi connectivity index (χ2n) is 7.92. The second kappa shape index (κ2) is 7.89. The maximum absolute atomic E-state index is 14.1. The number of rotatable bonds is 4. The van der Waals surface area contributed by atoms with Crippen molar-refractivity contribution in [2.24, 2.45) is 0 Å². The molecule has 0 aliphatic heterocycles. The van der Waals surface area contributed by atoms with E-state index in [1.807, 2.05) is 62.4 Å². The number of pyridine rings is 1. The Morgan fingerprint density at radius 2 is 1.78 bits per heavy atom. The Morgan fingerprint density at radius 1 is 1.00 bits per heavy atom. The molecule has 5 aromatic rings. The molecule has 6 heteroatoms. The zero-order valence-electron chi connectivity index (χ0n) is 17.8. The lowest BCUT2D eigenvalue weighted by Crippen LogP contribution is -2.20. The van der Waals surface area contributed by atoms with Gasteiger partial charge in [-0.25, -0.2) is 4.39 Å². The molecule has 5 rings (SSSR count). The number of amides is 1. The number of nitrogens with one attached hydrogen (secondary N) is 1. The molecule has 1 amide bonds. The van der Waals surface area contributed by atoms with Crippen LogP contribution in [0.2, 0.25) is 0 Å². The zero-order chi connectivity index (χ0) is 22.2. The number of benzene rings is 3. The molecule has 5 nitrogen and oxygen atoms in total. The van der Waals surface area contributed by atoms with Gasteiger partial charge in [-0.3, -0.25) is 14.5 Å². The summed E-state index contributed by atoms with van der Waals surface area (Å²) in [6, 6.07) is 20.1. The van der Waals surface area contributed by atoms with Crippen molar-refractivity contribution >= 4 is 33.4 Å². The number of aryl methyl sites for hydroxylation is 2. The van der Waals surface area contributed by atoms with Gasteiger partial charge in [-0.2, -0.15) is 5.10 Å². The number of carbonyl (C=O) groups is 1. The molecule has 0 saturated heterocycles. The van der Waals surface area contributed by atoms with Crippen molar-refractivity contribution in [1.82, 2.24) is 14.8 Å². The SMILES string of the molecule is Cc1ccc(-c2nn(CC(=O)Nc3ccccc3C)c3c2cnc2ccc(F)cc23)cc1. The van der Waals surface area contributed by atoms with Crippen LogP contribution in [0.5, 0.6) is 0 Å². The summed E-state index contributed by atoms with van der Waals surface area (Å²) in [6.45, 7) is 3.96. The lowest BCUT2D eigenvalue weighted by atomic mass is 10.1. The standard InChI is InChI=1S/C26H21FN4O/c1-16-7-9-18(10-8-16)25-21-14-28-23-12-11-19(27)13-20(23)26(21)31(30-25)15-24(32)29-22-6-4-3-5-17(22)2/h3-14H,15H2,1-2H3,(H,29,32). The highest BCUT2D eigenvalue weighted by Gasteiger charge is 2.18. The maximum atomic E-state index is 14.1. The van der Waals surface area contributed by atoms with E-state index in [1.165, 1.54) is 12.1 Å². The van der Waals surface area contributed by atoms with Crippen LogP contribution < -0.4 is 5.32 Å². The Labute approximate surface area is 184 Å². The Morgan fingerprint density at radius 3 is 2.56 bits per heavy atom. The largest absolute Gasteiger partial charge is 0.324 e. The topological polar surface area (TPSA) is 59.8 Å². The van der Waals surface area contributed by atoms with Crippen molar-refractivity contribution in [3.8, 4) is 11.3 Å². The van der Waals surface area contributed by atoms with Gasteiger partial charge in [-0.1, -0.05) is 48.0 Å². The number of aromatic nitrogens is 3. The molecular weight excluding hydrogens is 403 g/mol. The number of hydrogen-bond acceptors (Lipinski definition) is 3. The Kier molecular flexibility index (Phi) is 4.90. The predicted octanol–water partition coefficient (Wildman–Crippen LogP) is 5.65. The van der Waals surface area contributed by atoms with Crippen molar-refractivity contribution in [3.05, 3.63) is 89.9 Å². The van der Waals surface area contributed by atoms with E-state index in [4.69, 9.17) is 5.10 Å². The van der Waals surface area contributed by atoms with Crippen LogP contribution in [0, 0.1) is 19.7 Å². The van der Waals surface area contributed by atoms with Gasteiger partial charge in [0.05, 0.1) is 11.0 Å². The number of fused-ring (bicyclic) bond motifs is 3. The van der Waals surface area contributed by atoms with E-state index in [0.717, 1.165) is 27.8 Å². The lowest BCUT2D eigenvalue weighted by Gasteiger charge is -2.09. The Balaban J connectivity index is 1.65. The van der Waals surface area contributed by atoms with E-state index in [-0.39, 0.29) is 18.3 Å². The molecule has 158 valence electrons. The molecule has 0 radical (unpaired) electrons. The van der Waals surface area contributed by atoms with E-state index in [1.54, 1.807) is 16.9 Å². The molecule has 2 aromatic heterocycles. The fourth-order valence-corrected chi connectivity index (χ4v) is 3.90. The summed E-state index contributed by atoms with van der Waals surface area (Å²) >= 11 is 0. The van der Waals surface area contributed by atoms with Crippen LogP contribution in [-0.4, -0.2) is 20.7 Å². The molecular formula is C26H21FN4O. The van der Waals surface area contributed by atoms with Crippen molar-refractivity contribution in [1.29, 1.82) is 0 Å². The van der Waals surface area contributed by atoms with Crippen LogP contribution >= 0.6 is 0 Å². The highest BCUT2D eigenvalue weighted by atomic mass is 19.1. The van der Waals surface area contributed by atoms with Crippen molar-refractivity contribution < 1.29 is 9.18 Å². The predicted molar refractivity (Wildman–Crippen MR) is 125 cm³/mol. The maximum Gasteiger partial charge on any atom is 0.246 e. The molecule has 3 aromatic carbocycles. The first-order chi connectivity index (χ1) is 15.5. The summed E-state index contributed by atoms with van der Waals surface area (Å²) in [5.74, 6) is -0.568. The van der Waals surface area contributed by atoms with Gasteiger partial charge in [-0.05, 0) is 43.7 Å². The van der Waals surface area contributed by atoms with Gasteiger partial charge in [0.1, 0.15) is 18.1 Å². The van der Waals surface area contributed by atoms with Gasteiger partial charge < -0.3 is 5.32 Å². The van der Waals surface area contributed by atoms with E-state index < -0.39 is 0 Å². The van der Waals surface area contributed by atoms with Crippen molar-refractivity contribution in [3.63, 3.8) is 0 Å². The molecule has 0 bridgehead atoms. The first-order valence-corrected chi connectivity index (χ1v) is 10.4. The van der Waals surface area contributed by atoms with Crippen LogP contribution in [0.25, 0.3) is 33.1 Å². The number of carbonyl (C=O) groups excluding carboxylic acids is 1. The number of hydrogen-bond donors (Lipinski definition) is 1. The van der Waals surface area contributed by atoms with Gasteiger partial charge in [0.25, 0.3) is 0 Å². The average molecular weight is 424 g/mol. The number of anilines is 1.